The van der Waals surface area contributed by atoms with Gasteiger partial charge in [-0.25, -0.2) is 27.9 Å². The summed E-state index contributed by atoms with van der Waals surface area (Å²) < 4.78 is 41.8. The molecule has 0 saturated heterocycles. The van der Waals surface area contributed by atoms with E-state index < -0.39 is 19.5 Å². The summed E-state index contributed by atoms with van der Waals surface area (Å²) in [6.45, 7) is 12.1. The number of rotatable bonds is 6. The first-order chi connectivity index (χ1) is 12.0. The lowest BCUT2D eigenvalue weighted by atomic mass is 9.87. The molecule has 152 valence electrons. The molecule has 0 aromatic carbocycles. The van der Waals surface area contributed by atoms with Crippen molar-refractivity contribution in [3.05, 3.63) is 21.6 Å². The Morgan fingerprint density at radius 3 is 2.11 bits per heavy atom. The lowest BCUT2D eigenvalue weighted by Gasteiger charge is -2.24. The van der Waals surface area contributed by atoms with Crippen molar-refractivity contribution in [1.82, 2.24) is 9.97 Å². The topological polar surface area (TPSA) is 108 Å². The second-order valence-electron chi connectivity index (χ2n) is 8.49. The molecule has 2 aromatic heterocycles. The molecular formula is C17H28N4O2S4. The number of aromatic nitrogens is 2. The van der Waals surface area contributed by atoms with Gasteiger partial charge in [-0.05, 0) is 18.8 Å². The third-order valence-electron chi connectivity index (χ3n) is 4.25. The molecule has 2 N–H and O–H groups in total. The van der Waals surface area contributed by atoms with E-state index in [4.69, 9.17) is 9.56 Å². The van der Waals surface area contributed by atoms with Gasteiger partial charge in [0.25, 0.3) is 0 Å². The molecule has 2 rings (SSSR count). The van der Waals surface area contributed by atoms with E-state index in [0.29, 0.717) is 15.1 Å². The average Bonchev–Trinajstić information content (AvgIpc) is 3.11. The highest BCUT2D eigenvalue weighted by Crippen LogP contribution is 2.37. The van der Waals surface area contributed by atoms with Gasteiger partial charge < -0.3 is 0 Å². The second-order valence-corrected chi connectivity index (χ2v) is 15.3. The van der Waals surface area contributed by atoms with Crippen LogP contribution < -0.4 is 0 Å². The summed E-state index contributed by atoms with van der Waals surface area (Å²) in [6, 6.07) is 0. The predicted molar refractivity (Wildman–Crippen MR) is 114 cm³/mol. The van der Waals surface area contributed by atoms with E-state index in [0.717, 1.165) is 15.4 Å². The fourth-order valence-electron chi connectivity index (χ4n) is 2.52. The van der Waals surface area contributed by atoms with Crippen LogP contribution >= 0.6 is 22.7 Å². The van der Waals surface area contributed by atoms with E-state index in [9.17, 15) is 8.42 Å². The molecule has 0 amide bonds. The van der Waals surface area contributed by atoms with E-state index in [-0.39, 0.29) is 16.6 Å². The largest absolute Gasteiger partial charge is 0.247 e. The molecule has 2 heterocycles. The molecule has 2 aromatic rings. The van der Waals surface area contributed by atoms with E-state index in [2.05, 4.69) is 30.7 Å². The monoisotopic (exact) mass is 448 g/mol. The van der Waals surface area contributed by atoms with Crippen LogP contribution in [-0.4, -0.2) is 30.4 Å². The standard InChI is InChI=1S/C17H28N4O2S4/c1-11-13(25-15(21-11)26(7,18)22)17(5,6)8-9-27(19,23)14-20-10-12(24-14)16(2,3)4/h10,18-19H,8-9H2,1-7H3. The molecule has 0 bridgehead atoms. The van der Waals surface area contributed by atoms with Crippen molar-refractivity contribution in [1.29, 1.82) is 9.56 Å². The molecule has 27 heavy (non-hydrogen) atoms. The molecule has 0 aliphatic heterocycles. The maximum atomic E-state index is 13.0. The van der Waals surface area contributed by atoms with Gasteiger partial charge in [-0.15, -0.1) is 22.7 Å². The quantitative estimate of drug-likeness (QED) is 0.647. The van der Waals surface area contributed by atoms with Gasteiger partial charge in [-0.3, -0.25) is 0 Å². The van der Waals surface area contributed by atoms with Crippen LogP contribution in [0.2, 0.25) is 0 Å². The van der Waals surface area contributed by atoms with Gasteiger partial charge in [-0.2, -0.15) is 0 Å². The summed E-state index contributed by atoms with van der Waals surface area (Å²) in [5.74, 6) is 0.201. The Hall–Kier alpha value is -0.840. The van der Waals surface area contributed by atoms with Crippen LogP contribution in [0.3, 0.4) is 0 Å². The summed E-state index contributed by atoms with van der Waals surface area (Å²) in [4.78, 5) is 10.5. The number of aryl methyl sites for hydroxylation is 1. The van der Waals surface area contributed by atoms with Gasteiger partial charge in [0.05, 0.1) is 15.4 Å². The minimum atomic E-state index is -2.98. The van der Waals surface area contributed by atoms with Crippen molar-refractivity contribution >= 4 is 42.1 Å². The first kappa shape index (κ1) is 22.4. The summed E-state index contributed by atoms with van der Waals surface area (Å²) in [7, 11) is -5.83. The molecule has 0 aliphatic rings. The molecule has 0 spiro atoms. The normalized spacial score (nSPS) is 17.4. The van der Waals surface area contributed by atoms with E-state index in [1.54, 1.807) is 6.20 Å². The van der Waals surface area contributed by atoms with Gasteiger partial charge in [-0.1, -0.05) is 34.6 Å². The lowest BCUT2D eigenvalue weighted by Crippen LogP contribution is -2.21. The maximum Gasteiger partial charge on any atom is 0.189 e. The van der Waals surface area contributed by atoms with E-state index in [1.807, 2.05) is 20.8 Å². The van der Waals surface area contributed by atoms with Crippen molar-refractivity contribution in [3.63, 3.8) is 0 Å². The molecule has 10 heteroatoms. The molecule has 2 atom stereocenters. The number of nitrogens with one attached hydrogen (secondary N) is 2. The summed E-state index contributed by atoms with van der Waals surface area (Å²) in [6.07, 6.45) is 3.62. The van der Waals surface area contributed by atoms with E-state index >= 15 is 0 Å². The average molecular weight is 449 g/mol. The number of hydrogen-bond acceptors (Lipinski definition) is 8. The zero-order valence-corrected chi connectivity index (χ0v) is 20.1. The van der Waals surface area contributed by atoms with Gasteiger partial charge >= 0.3 is 0 Å². The molecule has 0 saturated carbocycles. The Morgan fingerprint density at radius 1 is 1.07 bits per heavy atom. The minimum absolute atomic E-state index is 0.0789. The summed E-state index contributed by atoms with van der Waals surface area (Å²) >= 11 is 2.64. The molecular weight excluding hydrogens is 420 g/mol. The van der Waals surface area contributed by atoms with Crippen LogP contribution in [0.5, 0.6) is 0 Å². The zero-order valence-electron chi connectivity index (χ0n) is 16.8. The summed E-state index contributed by atoms with van der Waals surface area (Å²) in [5.41, 5.74) is 0.297. The van der Waals surface area contributed by atoms with Crippen molar-refractivity contribution < 1.29 is 8.42 Å². The Labute approximate surface area is 170 Å². The minimum Gasteiger partial charge on any atom is -0.247 e. The van der Waals surface area contributed by atoms with Crippen molar-refractivity contribution in [2.75, 3.05) is 12.0 Å². The maximum absolute atomic E-state index is 13.0. The second kappa shape index (κ2) is 7.20. The van der Waals surface area contributed by atoms with Crippen LogP contribution in [0, 0.1) is 16.5 Å². The third-order valence-corrected chi connectivity index (χ3v) is 11.2. The SMILES string of the molecule is Cc1nc(S(C)(=N)=O)sc1C(C)(C)CCS(=N)(=O)c1ncc(C(C)(C)C)s1. The highest BCUT2D eigenvalue weighted by Gasteiger charge is 2.30. The third kappa shape index (κ3) is 5.16. The Kier molecular flexibility index (Phi) is 5.99. The van der Waals surface area contributed by atoms with Gasteiger partial charge in [0.2, 0.25) is 0 Å². The lowest BCUT2D eigenvalue weighted by molar-refractivity contribution is 0.512. The van der Waals surface area contributed by atoms with Gasteiger partial charge in [0, 0.05) is 33.4 Å². The first-order valence-electron chi connectivity index (χ1n) is 8.48. The highest BCUT2D eigenvalue weighted by molar-refractivity contribution is 7.94. The molecule has 0 aliphatic carbocycles. The Balaban J connectivity index is 2.24. The van der Waals surface area contributed by atoms with Crippen molar-refractivity contribution in [3.8, 4) is 0 Å². The fourth-order valence-corrected chi connectivity index (χ4v) is 7.61. The van der Waals surface area contributed by atoms with Gasteiger partial charge in [0.1, 0.15) is 9.73 Å². The molecule has 0 fully saturated rings. The highest BCUT2D eigenvalue weighted by atomic mass is 32.2. The zero-order chi connectivity index (χ0) is 20.8. The first-order valence-corrected chi connectivity index (χ1v) is 13.8. The fraction of sp³-hybridized carbons (Fsp3) is 0.647. The van der Waals surface area contributed by atoms with Crippen LogP contribution in [0.25, 0.3) is 0 Å². The van der Waals surface area contributed by atoms with Crippen LogP contribution in [0.15, 0.2) is 14.9 Å². The molecule has 0 radical (unpaired) electrons. The van der Waals surface area contributed by atoms with Crippen LogP contribution in [0.4, 0.5) is 0 Å². The Bertz CT molecular complexity index is 1040. The van der Waals surface area contributed by atoms with Crippen LogP contribution in [-0.2, 0) is 30.3 Å². The smallest absolute Gasteiger partial charge is 0.189 e. The predicted octanol–water partition coefficient (Wildman–Crippen LogP) is 5.01. The van der Waals surface area contributed by atoms with E-state index in [1.165, 1.54) is 28.9 Å². The summed E-state index contributed by atoms with van der Waals surface area (Å²) in [5, 5.41) is 0. The van der Waals surface area contributed by atoms with Crippen LogP contribution in [0.1, 0.15) is 56.5 Å². The van der Waals surface area contributed by atoms with Crippen molar-refractivity contribution in [2.24, 2.45) is 0 Å². The molecule has 6 nitrogen and oxygen atoms in total. The number of thiazole rings is 2. The molecule has 2 unspecified atom stereocenters. The number of hydrogen-bond donors (Lipinski definition) is 2. The van der Waals surface area contributed by atoms with Gasteiger partial charge in [0.15, 0.2) is 8.68 Å². The Morgan fingerprint density at radius 2 is 1.67 bits per heavy atom. The number of nitrogens with zero attached hydrogens (tertiary/aromatic N) is 2. The van der Waals surface area contributed by atoms with Crippen molar-refractivity contribution in [2.45, 2.75) is 67.5 Å².